The number of benzene rings is 3. The van der Waals surface area contributed by atoms with Crippen LogP contribution in [0, 0.1) is 0 Å². The van der Waals surface area contributed by atoms with Gasteiger partial charge in [-0.15, -0.1) is 0 Å². The molecule has 1 saturated heterocycles. The first kappa shape index (κ1) is 22.5. The van der Waals surface area contributed by atoms with Gasteiger partial charge in [0, 0.05) is 37.6 Å². The Labute approximate surface area is 193 Å². The van der Waals surface area contributed by atoms with E-state index >= 15 is 0 Å². The van der Waals surface area contributed by atoms with Gasteiger partial charge in [0.25, 0.3) is 10.0 Å². The maximum atomic E-state index is 12.8. The van der Waals surface area contributed by atoms with Gasteiger partial charge in [-0.25, -0.2) is 13.2 Å². The molecule has 4 rings (SSSR count). The molecule has 0 spiro atoms. The van der Waals surface area contributed by atoms with Crippen molar-refractivity contribution < 1.29 is 23.1 Å². The predicted octanol–water partition coefficient (Wildman–Crippen LogP) is 3.52. The molecule has 0 bridgehead atoms. The van der Waals surface area contributed by atoms with E-state index in [2.05, 4.69) is 26.7 Å². The van der Waals surface area contributed by atoms with Crippen molar-refractivity contribution in [2.45, 2.75) is 4.90 Å². The molecule has 2 N–H and O–H groups in total. The quantitative estimate of drug-likeness (QED) is 0.548. The molecule has 8 nitrogen and oxygen atoms in total. The van der Waals surface area contributed by atoms with Gasteiger partial charge in [-0.05, 0) is 54.6 Å². The van der Waals surface area contributed by atoms with Gasteiger partial charge in [-0.2, -0.15) is 0 Å². The average molecular weight is 468 g/mol. The summed E-state index contributed by atoms with van der Waals surface area (Å²) in [6, 6.07) is 20.8. The number of nitrogens with zero attached hydrogens (tertiary/aromatic N) is 2. The highest BCUT2D eigenvalue weighted by molar-refractivity contribution is 7.92. The molecule has 0 saturated carbocycles. The number of carboxylic acid groups (broad SMARTS) is 1. The minimum Gasteiger partial charge on any atom is -0.497 e. The Kier molecular flexibility index (Phi) is 6.41. The van der Waals surface area contributed by atoms with E-state index < -0.39 is 16.0 Å². The van der Waals surface area contributed by atoms with Crippen LogP contribution >= 0.6 is 0 Å². The summed E-state index contributed by atoms with van der Waals surface area (Å²) in [4.78, 5) is 16.3. The summed E-state index contributed by atoms with van der Waals surface area (Å²) in [6.45, 7) is 3.06. The minimum absolute atomic E-state index is 0.0146. The standard InChI is InChI=1S/C24H25N3O5S/c1-32-20-8-10-21(11-9-20)33(30,31)25-23-12-7-19(17-22(23)24(28)29)27-15-13-26(14-16-27)18-5-3-2-4-6-18/h2-12,17,25H,13-16H2,1H3,(H,28,29). The Bertz CT molecular complexity index is 1220. The lowest BCUT2D eigenvalue weighted by molar-refractivity contribution is 0.0698. The highest BCUT2D eigenvalue weighted by Crippen LogP contribution is 2.28. The zero-order valence-corrected chi connectivity index (χ0v) is 19.0. The molecule has 33 heavy (non-hydrogen) atoms. The van der Waals surface area contributed by atoms with Gasteiger partial charge in [0.1, 0.15) is 5.75 Å². The van der Waals surface area contributed by atoms with Crippen molar-refractivity contribution in [3.8, 4) is 5.75 Å². The predicted molar refractivity (Wildman–Crippen MR) is 128 cm³/mol. The highest BCUT2D eigenvalue weighted by atomic mass is 32.2. The number of anilines is 3. The summed E-state index contributed by atoms with van der Waals surface area (Å²) in [5.41, 5.74) is 1.82. The molecule has 1 aliphatic heterocycles. The van der Waals surface area contributed by atoms with Crippen LogP contribution in [0.25, 0.3) is 0 Å². The minimum atomic E-state index is -3.96. The molecule has 9 heteroatoms. The third-order valence-corrected chi connectivity index (χ3v) is 7.00. The molecular formula is C24H25N3O5S. The van der Waals surface area contributed by atoms with Crippen molar-refractivity contribution >= 4 is 33.1 Å². The number of carbonyl (C=O) groups is 1. The maximum absolute atomic E-state index is 12.8. The molecule has 3 aromatic carbocycles. The number of rotatable bonds is 7. The van der Waals surface area contributed by atoms with E-state index in [1.54, 1.807) is 6.07 Å². The van der Waals surface area contributed by atoms with E-state index in [1.807, 2.05) is 18.2 Å². The van der Waals surface area contributed by atoms with Gasteiger partial charge in [-0.3, -0.25) is 4.72 Å². The van der Waals surface area contributed by atoms with Gasteiger partial charge in [0.05, 0.1) is 23.3 Å². The second-order valence-corrected chi connectivity index (χ2v) is 9.31. The number of nitrogens with one attached hydrogen (secondary N) is 1. The Hall–Kier alpha value is -3.72. The molecule has 3 aromatic rings. The lowest BCUT2D eigenvalue weighted by Gasteiger charge is -2.37. The van der Waals surface area contributed by atoms with Crippen LogP contribution < -0.4 is 19.3 Å². The van der Waals surface area contributed by atoms with E-state index in [-0.39, 0.29) is 16.1 Å². The van der Waals surface area contributed by atoms with Gasteiger partial charge in [-0.1, -0.05) is 18.2 Å². The second kappa shape index (κ2) is 9.41. The Morgan fingerprint density at radius 2 is 1.48 bits per heavy atom. The molecular weight excluding hydrogens is 442 g/mol. The Balaban J connectivity index is 1.51. The first-order chi connectivity index (χ1) is 15.9. The van der Waals surface area contributed by atoms with Crippen molar-refractivity contribution in [2.24, 2.45) is 0 Å². The first-order valence-corrected chi connectivity index (χ1v) is 11.9. The molecule has 1 fully saturated rings. The molecule has 1 heterocycles. The Morgan fingerprint density at radius 3 is 2.06 bits per heavy atom. The molecule has 0 aliphatic carbocycles. The van der Waals surface area contributed by atoms with Crippen molar-refractivity contribution in [1.29, 1.82) is 0 Å². The fraction of sp³-hybridized carbons (Fsp3) is 0.208. The summed E-state index contributed by atoms with van der Waals surface area (Å²) in [5.74, 6) is -0.677. The van der Waals surface area contributed by atoms with E-state index in [1.165, 1.54) is 43.5 Å². The lowest BCUT2D eigenvalue weighted by atomic mass is 10.1. The third-order valence-electron chi connectivity index (χ3n) is 5.61. The van der Waals surface area contributed by atoms with Crippen LogP contribution in [0.15, 0.2) is 77.7 Å². The smallest absolute Gasteiger partial charge is 0.337 e. The summed E-state index contributed by atoms with van der Waals surface area (Å²) in [7, 11) is -2.47. The fourth-order valence-corrected chi connectivity index (χ4v) is 4.89. The van der Waals surface area contributed by atoms with Crippen LogP contribution in [-0.2, 0) is 10.0 Å². The number of hydrogen-bond acceptors (Lipinski definition) is 6. The van der Waals surface area contributed by atoms with Crippen LogP contribution in [0.3, 0.4) is 0 Å². The van der Waals surface area contributed by atoms with E-state index in [0.717, 1.165) is 37.6 Å². The number of para-hydroxylation sites is 1. The summed E-state index contributed by atoms with van der Waals surface area (Å²) in [6.07, 6.45) is 0. The number of aromatic carboxylic acids is 1. The molecule has 0 atom stereocenters. The van der Waals surface area contributed by atoms with Gasteiger partial charge in [0.15, 0.2) is 0 Å². The normalized spacial score (nSPS) is 14.1. The number of ether oxygens (including phenoxy) is 1. The van der Waals surface area contributed by atoms with E-state index in [0.29, 0.717) is 5.75 Å². The van der Waals surface area contributed by atoms with Crippen molar-refractivity contribution in [2.75, 3.05) is 47.8 Å². The van der Waals surface area contributed by atoms with Gasteiger partial charge in [0.2, 0.25) is 0 Å². The van der Waals surface area contributed by atoms with Gasteiger partial charge >= 0.3 is 5.97 Å². The SMILES string of the molecule is COc1ccc(S(=O)(=O)Nc2ccc(N3CCN(c4ccccc4)CC3)cc2C(=O)O)cc1. The average Bonchev–Trinajstić information content (AvgIpc) is 2.84. The van der Waals surface area contributed by atoms with Crippen LogP contribution in [0.5, 0.6) is 5.75 Å². The number of piperazine rings is 1. The number of hydrogen-bond donors (Lipinski definition) is 2. The summed E-state index contributed by atoms with van der Waals surface area (Å²) >= 11 is 0. The summed E-state index contributed by atoms with van der Waals surface area (Å²) < 4.78 is 33.0. The Morgan fingerprint density at radius 1 is 0.879 bits per heavy atom. The highest BCUT2D eigenvalue weighted by Gasteiger charge is 2.22. The number of methoxy groups -OCH3 is 1. The maximum Gasteiger partial charge on any atom is 0.337 e. The third kappa shape index (κ3) is 5.04. The topological polar surface area (TPSA) is 99.2 Å². The van der Waals surface area contributed by atoms with Crippen LogP contribution in [0.2, 0.25) is 0 Å². The van der Waals surface area contributed by atoms with Crippen molar-refractivity contribution in [3.05, 3.63) is 78.4 Å². The van der Waals surface area contributed by atoms with Crippen LogP contribution in [-0.4, -0.2) is 52.8 Å². The van der Waals surface area contributed by atoms with E-state index in [4.69, 9.17) is 4.74 Å². The van der Waals surface area contributed by atoms with Crippen molar-refractivity contribution in [3.63, 3.8) is 0 Å². The first-order valence-electron chi connectivity index (χ1n) is 10.5. The summed E-state index contributed by atoms with van der Waals surface area (Å²) in [5, 5.41) is 9.74. The molecule has 0 aromatic heterocycles. The van der Waals surface area contributed by atoms with Gasteiger partial charge < -0.3 is 19.6 Å². The molecule has 0 unspecified atom stereocenters. The molecule has 172 valence electrons. The monoisotopic (exact) mass is 467 g/mol. The zero-order chi connectivity index (χ0) is 23.4. The zero-order valence-electron chi connectivity index (χ0n) is 18.1. The molecule has 0 radical (unpaired) electrons. The number of carboxylic acids is 1. The van der Waals surface area contributed by atoms with Crippen LogP contribution in [0.1, 0.15) is 10.4 Å². The number of sulfonamides is 1. The molecule has 0 amide bonds. The lowest BCUT2D eigenvalue weighted by Crippen LogP contribution is -2.46. The van der Waals surface area contributed by atoms with E-state index in [9.17, 15) is 18.3 Å². The fourth-order valence-electron chi connectivity index (χ4n) is 3.82. The van der Waals surface area contributed by atoms with Crippen LogP contribution in [0.4, 0.5) is 17.1 Å². The molecule has 1 aliphatic rings. The van der Waals surface area contributed by atoms with Crippen molar-refractivity contribution in [1.82, 2.24) is 0 Å². The second-order valence-electron chi connectivity index (χ2n) is 7.63. The largest absolute Gasteiger partial charge is 0.497 e.